The Hall–Kier alpha value is -2.90. The van der Waals surface area contributed by atoms with Gasteiger partial charge in [0.1, 0.15) is 11.3 Å². The van der Waals surface area contributed by atoms with E-state index in [1.807, 2.05) is 0 Å². The maximum Gasteiger partial charge on any atom is 0.282 e. The summed E-state index contributed by atoms with van der Waals surface area (Å²) in [6, 6.07) is 3.10. The largest absolute Gasteiger partial charge is 0.508 e. The predicted molar refractivity (Wildman–Crippen MR) is 73.9 cm³/mol. The SMILES string of the molecule is CC(Cn1ccnc1)NC(=O)c1cc(O)ccc1[N+](=O)[O-]. The lowest BCUT2D eigenvalue weighted by atomic mass is 10.1. The molecule has 1 aromatic heterocycles. The van der Waals surface area contributed by atoms with Crippen molar-refractivity contribution < 1.29 is 14.8 Å². The molecule has 0 bridgehead atoms. The number of nitrogens with one attached hydrogen (secondary N) is 1. The number of aromatic nitrogens is 2. The fraction of sp³-hybridized carbons (Fsp3) is 0.231. The molecule has 0 aliphatic heterocycles. The van der Waals surface area contributed by atoms with Crippen LogP contribution in [0.2, 0.25) is 0 Å². The first-order valence-corrected chi connectivity index (χ1v) is 6.21. The van der Waals surface area contributed by atoms with Crippen molar-refractivity contribution in [3.05, 3.63) is 52.6 Å². The van der Waals surface area contributed by atoms with Gasteiger partial charge in [-0.2, -0.15) is 0 Å². The van der Waals surface area contributed by atoms with Crippen LogP contribution in [-0.2, 0) is 6.54 Å². The average molecular weight is 290 g/mol. The molecule has 2 aromatic rings. The van der Waals surface area contributed by atoms with E-state index in [9.17, 15) is 20.0 Å². The number of carbonyl (C=O) groups excluding carboxylic acids is 1. The lowest BCUT2D eigenvalue weighted by Gasteiger charge is -2.14. The van der Waals surface area contributed by atoms with Crippen LogP contribution >= 0.6 is 0 Å². The summed E-state index contributed by atoms with van der Waals surface area (Å²) in [6.45, 7) is 2.25. The number of nitrogens with zero attached hydrogens (tertiary/aromatic N) is 3. The molecule has 2 rings (SSSR count). The normalized spacial score (nSPS) is 11.9. The van der Waals surface area contributed by atoms with E-state index in [-0.39, 0.29) is 23.0 Å². The predicted octanol–water partition coefficient (Wildman–Crippen LogP) is 1.32. The number of hydrogen-bond donors (Lipinski definition) is 2. The van der Waals surface area contributed by atoms with Gasteiger partial charge in [-0.3, -0.25) is 14.9 Å². The van der Waals surface area contributed by atoms with Gasteiger partial charge in [0.2, 0.25) is 0 Å². The summed E-state index contributed by atoms with van der Waals surface area (Å²) in [5.41, 5.74) is -0.516. The molecule has 0 saturated heterocycles. The van der Waals surface area contributed by atoms with Crippen LogP contribution in [0.15, 0.2) is 36.9 Å². The second-order valence-corrected chi connectivity index (χ2v) is 4.59. The van der Waals surface area contributed by atoms with Gasteiger partial charge in [-0.05, 0) is 19.1 Å². The summed E-state index contributed by atoms with van der Waals surface area (Å²) in [6.07, 6.45) is 4.98. The van der Waals surface area contributed by atoms with Crippen LogP contribution < -0.4 is 5.32 Å². The van der Waals surface area contributed by atoms with E-state index in [0.29, 0.717) is 6.54 Å². The van der Waals surface area contributed by atoms with Gasteiger partial charge in [0, 0.05) is 31.0 Å². The molecule has 2 N–H and O–H groups in total. The molecule has 1 aromatic carbocycles. The molecule has 0 saturated carbocycles. The van der Waals surface area contributed by atoms with Crippen LogP contribution in [0.3, 0.4) is 0 Å². The number of nitro benzene ring substituents is 1. The van der Waals surface area contributed by atoms with Crippen molar-refractivity contribution in [2.75, 3.05) is 0 Å². The van der Waals surface area contributed by atoms with E-state index in [2.05, 4.69) is 10.3 Å². The molecule has 0 spiro atoms. The fourth-order valence-electron chi connectivity index (χ4n) is 1.92. The van der Waals surface area contributed by atoms with E-state index < -0.39 is 10.8 Å². The molecule has 8 nitrogen and oxygen atoms in total. The average Bonchev–Trinajstić information content (AvgIpc) is 2.90. The first kappa shape index (κ1) is 14.5. The topological polar surface area (TPSA) is 110 Å². The summed E-state index contributed by atoms with van der Waals surface area (Å²) in [4.78, 5) is 26.3. The second kappa shape index (κ2) is 6.04. The van der Waals surface area contributed by atoms with Crippen molar-refractivity contribution in [1.82, 2.24) is 14.9 Å². The van der Waals surface area contributed by atoms with Crippen molar-refractivity contribution >= 4 is 11.6 Å². The Morgan fingerprint density at radius 1 is 1.57 bits per heavy atom. The van der Waals surface area contributed by atoms with Crippen molar-refractivity contribution in [1.29, 1.82) is 0 Å². The molecule has 0 fully saturated rings. The van der Waals surface area contributed by atoms with E-state index in [1.165, 1.54) is 6.07 Å². The molecule has 21 heavy (non-hydrogen) atoms. The van der Waals surface area contributed by atoms with Gasteiger partial charge in [-0.1, -0.05) is 0 Å². The maximum absolute atomic E-state index is 12.1. The summed E-state index contributed by atoms with van der Waals surface area (Å²) in [5, 5.41) is 23.0. The van der Waals surface area contributed by atoms with Gasteiger partial charge in [0.25, 0.3) is 11.6 Å². The monoisotopic (exact) mass is 290 g/mol. The van der Waals surface area contributed by atoms with E-state index in [1.54, 1.807) is 30.2 Å². The first-order valence-electron chi connectivity index (χ1n) is 6.21. The number of carbonyl (C=O) groups is 1. The zero-order chi connectivity index (χ0) is 15.4. The number of rotatable bonds is 5. The Bertz CT molecular complexity index is 654. The quantitative estimate of drug-likeness (QED) is 0.637. The van der Waals surface area contributed by atoms with Crippen molar-refractivity contribution in [2.45, 2.75) is 19.5 Å². The van der Waals surface area contributed by atoms with Gasteiger partial charge in [-0.15, -0.1) is 0 Å². The Morgan fingerprint density at radius 3 is 2.95 bits per heavy atom. The highest BCUT2D eigenvalue weighted by atomic mass is 16.6. The lowest BCUT2D eigenvalue weighted by molar-refractivity contribution is -0.385. The molecule has 0 aliphatic carbocycles. The van der Waals surface area contributed by atoms with Crippen LogP contribution in [0.4, 0.5) is 5.69 Å². The summed E-state index contributed by atoms with van der Waals surface area (Å²) >= 11 is 0. The van der Waals surface area contributed by atoms with Gasteiger partial charge >= 0.3 is 0 Å². The highest BCUT2D eigenvalue weighted by Gasteiger charge is 2.21. The molecule has 1 heterocycles. The highest BCUT2D eigenvalue weighted by Crippen LogP contribution is 2.23. The number of hydrogen-bond acceptors (Lipinski definition) is 5. The van der Waals surface area contributed by atoms with Crippen LogP contribution in [0.5, 0.6) is 5.75 Å². The number of imidazole rings is 1. The smallest absolute Gasteiger partial charge is 0.282 e. The summed E-state index contributed by atoms with van der Waals surface area (Å²) in [5.74, 6) is -0.807. The lowest BCUT2D eigenvalue weighted by Crippen LogP contribution is -2.35. The van der Waals surface area contributed by atoms with Crippen LogP contribution in [0, 0.1) is 10.1 Å². The van der Waals surface area contributed by atoms with Crippen LogP contribution in [0.25, 0.3) is 0 Å². The number of nitro groups is 1. The zero-order valence-corrected chi connectivity index (χ0v) is 11.3. The van der Waals surface area contributed by atoms with Crippen LogP contribution in [-0.4, -0.2) is 31.5 Å². The third-order valence-electron chi connectivity index (χ3n) is 2.84. The molecule has 1 unspecified atom stereocenters. The van der Waals surface area contributed by atoms with Gasteiger partial charge < -0.3 is 15.0 Å². The van der Waals surface area contributed by atoms with E-state index in [0.717, 1.165) is 12.1 Å². The van der Waals surface area contributed by atoms with Crippen molar-refractivity contribution in [2.24, 2.45) is 0 Å². The number of phenols is 1. The minimum absolute atomic E-state index is 0.169. The molecule has 8 heteroatoms. The minimum Gasteiger partial charge on any atom is -0.508 e. The summed E-state index contributed by atoms with van der Waals surface area (Å²) < 4.78 is 1.78. The third kappa shape index (κ3) is 3.56. The number of amides is 1. The zero-order valence-electron chi connectivity index (χ0n) is 11.3. The molecule has 110 valence electrons. The number of aromatic hydroxyl groups is 1. The Balaban J connectivity index is 2.12. The molecule has 0 aliphatic rings. The Morgan fingerprint density at radius 2 is 2.33 bits per heavy atom. The van der Waals surface area contributed by atoms with Gasteiger partial charge in [0.15, 0.2) is 0 Å². The van der Waals surface area contributed by atoms with Crippen molar-refractivity contribution in [3.8, 4) is 5.75 Å². The second-order valence-electron chi connectivity index (χ2n) is 4.59. The molecule has 0 radical (unpaired) electrons. The maximum atomic E-state index is 12.1. The highest BCUT2D eigenvalue weighted by molar-refractivity contribution is 5.98. The number of phenolic OH excluding ortho intramolecular Hbond substituents is 1. The van der Waals surface area contributed by atoms with Crippen molar-refractivity contribution in [3.63, 3.8) is 0 Å². The Kier molecular flexibility index (Phi) is 4.17. The van der Waals surface area contributed by atoms with Gasteiger partial charge in [-0.25, -0.2) is 4.98 Å². The molecule has 1 atom stereocenters. The van der Waals surface area contributed by atoms with Crippen LogP contribution in [0.1, 0.15) is 17.3 Å². The molecular formula is C13H14N4O4. The minimum atomic E-state index is -0.658. The van der Waals surface area contributed by atoms with E-state index in [4.69, 9.17) is 0 Å². The number of benzene rings is 1. The summed E-state index contributed by atoms with van der Waals surface area (Å²) in [7, 11) is 0. The fourth-order valence-corrected chi connectivity index (χ4v) is 1.92. The standard InChI is InChI=1S/C13H14N4O4/c1-9(7-16-5-4-14-8-16)15-13(19)11-6-10(18)2-3-12(11)17(20)21/h2-6,8-9,18H,7H2,1H3,(H,15,19). The molecule has 1 amide bonds. The Labute approximate surface area is 120 Å². The van der Waals surface area contributed by atoms with Gasteiger partial charge in [0.05, 0.1) is 11.3 Å². The molecular weight excluding hydrogens is 276 g/mol. The van der Waals surface area contributed by atoms with E-state index >= 15 is 0 Å². The third-order valence-corrected chi connectivity index (χ3v) is 2.84. The first-order chi connectivity index (χ1) is 9.97.